The number of likely N-dealkylation sites (tertiary alicyclic amines) is 1. The average molecular weight is 374 g/mol. The molecule has 1 aliphatic rings. The van der Waals surface area contributed by atoms with Gasteiger partial charge >= 0.3 is 0 Å². The topological polar surface area (TPSA) is 75.7 Å². The van der Waals surface area contributed by atoms with Crippen LogP contribution < -0.4 is 4.72 Å². The van der Waals surface area contributed by atoms with Gasteiger partial charge in [0.25, 0.3) is 15.9 Å². The minimum Gasteiger partial charge on any atom is -0.381 e. The molecular weight excluding hydrogens is 352 g/mol. The molecule has 0 unspecified atom stereocenters. The summed E-state index contributed by atoms with van der Waals surface area (Å²) in [5.41, 5.74) is 0.965. The van der Waals surface area contributed by atoms with Crippen LogP contribution in [0.4, 0.5) is 5.69 Å². The zero-order chi connectivity index (χ0) is 18.6. The number of carbonyl (C=O) groups excluding carboxylic acids is 1. The number of amides is 1. The first-order chi connectivity index (χ1) is 12.5. The Morgan fingerprint density at radius 3 is 2.23 bits per heavy atom. The predicted octanol–water partition coefficient (Wildman–Crippen LogP) is 2.74. The van der Waals surface area contributed by atoms with Crippen molar-refractivity contribution < 1.29 is 17.9 Å². The molecule has 1 N–H and O–H groups in total. The first-order valence-corrected chi connectivity index (χ1v) is 9.98. The molecule has 3 rings (SSSR count). The number of benzene rings is 2. The fourth-order valence-electron chi connectivity index (χ4n) is 2.97. The molecule has 6 nitrogen and oxygen atoms in total. The van der Waals surface area contributed by atoms with Crippen molar-refractivity contribution >= 4 is 21.6 Å². The van der Waals surface area contributed by atoms with Gasteiger partial charge in [-0.25, -0.2) is 8.42 Å². The van der Waals surface area contributed by atoms with Gasteiger partial charge in [-0.05, 0) is 49.2 Å². The summed E-state index contributed by atoms with van der Waals surface area (Å²) >= 11 is 0. The lowest BCUT2D eigenvalue weighted by Gasteiger charge is -2.31. The molecule has 0 atom stereocenters. The molecule has 2 aromatic carbocycles. The molecule has 1 saturated heterocycles. The van der Waals surface area contributed by atoms with Crippen LogP contribution in [0.1, 0.15) is 23.2 Å². The number of sulfonamides is 1. The van der Waals surface area contributed by atoms with E-state index in [0.29, 0.717) is 24.3 Å². The number of anilines is 1. The molecule has 1 amide bonds. The zero-order valence-electron chi connectivity index (χ0n) is 14.6. The van der Waals surface area contributed by atoms with E-state index in [1.165, 1.54) is 12.1 Å². The molecule has 1 fully saturated rings. The van der Waals surface area contributed by atoms with Crippen LogP contribution in [0.3, 0.4) is 0 Å². The molecule has 0 aromatic heterocycles. The van der Waals surface area contributed by atoms with Crippen LogP contribution >= 0.6 is 0 Å². The minimum absolute atomic E-state index is 0.0444. The Morgan fingerprint density at radius 2 is 1.65 bits per heavy atom. The maximum absolute atomic E-state index is 12.6. The van der Waals surface area contributed by atoms with E-state index < -0.39 is 10.0 Å². The number of nitrogens with one attached hydrogen (secondary N) is 1. The van der Waals surface area contributed by atoms with Gasteiger partial charge in [-0.2, -0.15) is 0 Å². The quantitative estimate of drug-likeness (QED) is 0.873. The summed E-state index contributed by atoms with van der Waals surface area (Å²) in [6.45, 7) is 1.33. The molecule has 0 aliphatic carbocycles. The highest BCUT2D eigenvalue weighted by Gasteiger charge is 2.23. The van der Waals surface area contributed by atoms with E-state index in [4.69, 9.17) is 4.74 Å². The number of nitrogens with zero attached hydrogens (tertiary/aromatic N) is 1. The second-order valence-corrected chi connectivity index (χ2v) is 7.91. The van der Waals surface area contributed by atoms with Gasteiger partial charge in [-0.15, -0.1) is 0 Å². The largest absolute Gasteiger partial charge is 0.381 e. The fraction of sp³-hybridized carbons (Fsp3) is 0.316. The highest BCUT2D eigenvalue weighted by Crippen LogP contribution is 2.19. The molecule has 7 heteroatoms. The predicted molar refractivity (Wildman–Crippen MR) is 99.6 cm³/mol. The average Bonchev–Trinajstić information content (AvgIpc) is 2.68. The van der Waals surface area contributed by atoms with Crippen molar-refractivity contribution in [1.29, 1.82) is 0 Å². The van der Waals surface area contributed by atoms with Crippen molar-refractivity contribution in [3.63, 3.8) is 0 Å². The fourth-order valence-corrected chi connectivity index (χ4v) is 4.05. The van der Waals surface area contributed by atoms with Gasteiger partial charge in [0.15, 0.2) is 0 Å². The van der Waals surface area contributed by atoms with Crippen molar-refractivity contribution in [2.45, 2.75) is 23.8 Å². The lowest BCUT2D eigenvalue weighted by molar-refractivity contribution is 0.0351. The van der Waals surface area contributed by atoms with Crippen LogP contribution in [-0.4, -0.2) is 45.5 Å². The van der Waals surface area contributed by atoms with E-state index >= 15 is 0 Å². The SMILES string of the molecule is COC1CCN(C(=O)c2ccc(NS(=O)(=O)c3ccccc3)cc2)CC1. The van der Waals surface area contributed by atoms with Crippen LogP contribution in [0.25, 0.3) is 0 Å². The first kappa shape index (κ1) is 18.4. The lowest BCUT2D eigenvalue weighted by atomic mass is 10.1. The summed E-state index contributed by atoms with van der Waals surface area (Å²) < 4.78 is 32.5. The van der Waals surface area contributed by atoms with Crippen LogP contribution in [0.15, 0.2) is 59.5 Å². The summed E-state index contributed by atoms with van der Waals surface area (Å²) in [5, 5.41) is 0. The molecular formula is C19H22N2O4S. The normalized spacial score (nSPS) is 15.7. The Hall–Kier alpha value is -2.38. The maximum Gasteiger partial charge on any atom is 0.261 e. The second-order valence-electron chi connectivity index (χ2n) is 6.22. The molecule has 0 bridgehead atoms. The number of rotatable bonds is 5. The van der Waals surface area contributed by atoms with Gasteiger partial charge < -0.3 is 9.64 Å². The number of ether oxygens (including phenoxy) is 1. The van der Waals surface area contributed by atoms with Crippen LogP contribution in [0.5, 0.6) is 0 Å². The maximum atomic E-state index is 12.6. The van der Waals surface area contributed by atoms with Crippen LogP contribution in [0, 0.1) is 0 Å². The standard InChI is InChI=1S/C19H22N2O4S/c1-25-17-11-13-21(14-12-17)19(22)15-7-9-16(10-8-15)20-26(23,24)18-5-3-2-4-6-18/h2-10,17,20H,11-14H2,1H3. The van der Waals surface area contributed by atoms with E-state index in [2.05, 4.69) is 4.72 Å². The third-order valence-electron chi connectivity index (χ3n) is 4.50. The van der Waals surface area contributed by atoms with Gasteiger partial charge in [0.2, 0.25) is 0 Å². The molecule has 26 heavy (non-hydrogen) atoms. The van der Waals surface area contributed by atoms with Crippen molar-refractivity contribution in [3.8, 4) is 0 Å². The number of piperidine rings is 1. The molecule has 0 radical (unpaired) electrons. The Bertz CT molecular complexity index is 843. The Balaban J connectivity index is 1.66. The molecule has 1 heterocycles. The van der Waals surface area contributed by atoms with Crippen LogP contribution in [-0.2, 0) is 14.8 Å². The van der Waals surface area contributed by atoms with E-state index in [-0.39, 0.29) is 16.9 Å². The summed E-state index contributed by atoms with van der Waals surface area (Å²) in [6.07, 6.45) is 1.88. The van der Waals surface area contributed by atoms with E-state index in [0.717, 1.165) is 12.8 Å². The minimum atomic E-state index is -3.64. The monoisotopic (exact) mass is 374 g/mol. The van der Waals surface area contributed by atoms with Crippen molar-refractivity contribution in [1.82, 2.24) is 4.90 Å². The van der Waals surface area contributed by atoms with Crippen molar-refractivity contribution in [3.05, 3.63) is 60.2 Å². The molecule has 1 aliphatic heterocycles. The van der Waals surface area contributed by atoms with E-state index in [1.54, 1.807) is 54.5 Å². The molecule has 138 valence electrons. The third kappa shape index (κ3) is 4.23. The molecule has 0 saturated carbocycles. The Morgan fingerprint density at radius 1 is 1.04 bits per heavy atom. The van der Waals surface area contributed by atoms with Crippen molar-refractivity contribution in [2.24, 2.45) is 0 Å². The van der Waals surface area contributed by atoms with Gasteiger partial charge in [-0.1, -0.05) is 18.2 Å². The van der Waals surface area contributed by atoms with Crippen LogP contribution in [0.2, 0.25) is 0 Å². The summed E-state index contributed by atoms with van der Waals surface area (Å²) in [7, 11) is -1.94. The van der Waals surface area contributed by atoms with E-state index in [9.17, 15) is 13.2 Å². The molecule has 2 aromatic rings. The van der Waals surface area contributed by atoms with Gasteiger partial charge in [-0.3, -0.25) is 9.52 Å². The number of carbonyl (C=O) groups is 1. The van der Waals surface area contributed by atoms with Gasteiger partial charge in [0, 0.05) is 31.5 Å². The highest BCUT2D eigenvalue weighted by molar-refractivity contribution is 7.92. The summed E-state index contributed by atoms with van der Waals surface area (Å²) in [4.78, 5) is 14.6. The highest BCUT2D eigenvalue weighted by atomic mass is 32.2. The third-order valence-corrected chi connectivity index (χ3v) is 5.90. The first-order valence-electron chi connectivity index (χ1n) is 8.49. The molecule has 0 spiro atoms. The van der Waals surface area contributed by atoms with Gasteiger partial charge in [0.05, 0.1) is 11.0 Å². The van der Waals surface area contributed by atoms with Gasteiger partial charge in [0.1, 0.15) is 0 Å². The number of methoxy groups -OCH3 is 1. The second kappa shape index (κ2) is 7.88. The number of hydrogen-bond donors (Lipinski definition) is 1. The smallest absolute Gasteiger partial charge is 0.261 e. The zero-order valence-corrected chi connectivity index (χ0v) is 15.4. The Kier molecular flexibility index (Phi) is 5.58. The summed E-state index contributed by atoms with van der Waals surface area (Å²) in [5.74, 6) is -0.0444. The number of hydrogen-bond acceptors (Lipinski definition) is 4. The lowest BCUT2D eigenvalue weighted by Crippen LogP contribution is -2.40. The van der Waals surface area contributed by atoms with Crippen molar-refractivity contribution in [2.75, 3.05) is 24.9 Å². The van der Waals surface area contributed by atoms with E-state index in [1.807, 2.05) is 0 Å². The Labute approximate surface area is 153 Å². The summed E-state index contributed by atoms with van der Waals surface area (Å²) in [6, 6.07) is 14.7.